The maximum absolute atomic E-state index is 11.7. The Labute approximate surface area is 90.5 Å². The van der Waals surface area contributed by atoms with Crippen molar-refractivity contribution in [2.45, 2.75) is 19.3 Å². The van der Waals surface area contributed by atoms with E-state index in [4.69, 9.17) is 9.47 Å². The molecule has 2 saturated heterocycles. The summed E-state index contributed by atoms with van der Waals surface area (Å²) >= 11 is 0. The lowest BCUT2D eigenvalue weighted by atomic mass is 9.87. The fourth-order valence-electron chi connectivity index (χ4n) is 2.47. The van der Waals surface area contributed by atoms with E-state index in [0.717, 1.165) is 39.1 Å². The molecule has 4 heteroatoms. The third-order valence-corrected chi connectivity index (χ3v) is 3.50. The smallest absolute Gasteiger partial charge is 0.224 e. The van der Waals surface area contributed by atoms with Gasteiger partial charge in [0.1, 0.15) is 0 Å². The summed E-state index contributed by atoms with van der Waals surface area (Å²) < 4.78 is 10.3. The number of hydrogen-bond donors (Lipinski definition) is 0. The van der Waals surface area contributed by atoms with E-state index in [1.165, 1.54) is 0 Å². The molecule has 2 rings (SSSR count). The first-order chi connectivity index (χ1) is 7.26. The number of nitrogens with zero attached hydrogens (tertiary/aromatic N) is 1. The number of carbonyl (C=O) groups is 1. The number of methoxy groups -OCH3 is 1. The van der Waals surface area contributed by atoms with Crippen LogP contribution in [0.2, 0.25) is 0 Å². The van der Waals surface area contributed by atoms with Crippen molar-refractivity contribution >= 4 is 5.91 Å². The molecule has 0 aromatic heterocycles. The van der Waals surface area contributed by atoms with E-state index < -0.39 is 0 Å². The first-order valence-corrected chi connectivity index (χ1v) is 5.60. The van der Waals surface area contributed by atoms with Gasteiger partial charge < -0.3 is 14.4 Å². The molecule has 2 aliphatic rings. The second-order valence-electron chi connectivity index (χ2n) is 4.61. The number of ether oxygens (including phenoxy) is 2. The lowest BCUT2D eigenvalue weighted by molar-refractivity contribution is -0.131. The highest BCUT2D eigenvalue weighted by Gasteiger charge is 2.42. The van der Waals surface area contributed by atoms with Crippen molar-refractivity contribution in [3.63, 3.8) is 0 Å². The van der Waals surface area contributed by atoms with E-state index in [9.17, 15) is 4.79 Å². The van der Waals surface area contributed by atoms with Crippen LogP contribution >= 0.6 is 0 Å². The van der Waals surface area contributed by atoms with Crippen LogP contribution in [0.25, 0.3) is 0 Å². The minimum Gasteiger partial charge on any atom is -0.384 e. The van der Waals surface area contributed by atoms with Gasteiger partial charge in [-0.15, -0.1) is 0 Å². The molecule has 4 nitrogen and oxygen atoms in total. The van der Waals surface area contributed by atoms with Crippen LogP contribution in [0.4, 0.5) is 0 Å². The van der Waals surface area contributed by atoms with Crippen molar-refractivity contribution in [1.82, 2.24) is 4.90 Å². The standard InChI is InChI=1S/C11H19NO3/c1-14-6-2-10(13)12-5-3-11(8-12)4-7-15-9-11/h2-9H2,1H3/t11-/m1/s1. The SMILES string of the molecule is COCCC(=O)N1CC[C@@]2(CCOC2)C1. The zero-order chi connectivity index (χ0) is 10.7. The van der Waals surface area contributed by atoms with Crippen LogP contribution in [0.15, 0.2) is 0 Å². The molecule has 2 fully saturated rings. The summed E-state index contributed by atoms with van der Waals surface area (Å²) in [5, 5.41) is 0. The van der Waals surface area contributed by atoms with Crippen molar-refractivity contribution in [2.75, 3.05) is 40.0 Å². The second-order valence-corrected chi connectivity index (χ2v) is 4.61. The van der Waals surface area contributed by atoms with Gasteiger partial charge in [0.2, 0.25) is 5.91 Å². The molecule has 0 aromatic rings. The average molecular weight is 213 g/mol. The van der Waals surface area contributed by atoms with Crippen LogP contribution in [-0.4, -0.2) is 50.8 Å². The molecular formula is C11H19NO3. The molecule has 0 aromatic carbocycles. The van der Waals surface area contributed by atoms with Gasteiger partial charge in [0.05, 0.1) is 19.6 Å². The Balaban J connectivity index is 1.83. The van der Waals surface area contributed by atoms with E-state index in [1.807, 2.05) is 4.90 Å². The molecule has 0 saturated carbocycles. The van der Waals surface area contributed by atoms with Gasteiger partial charge in [-0.2, -0.15) is 0 Å². The van der Waals surface area contributed by atoms with E-state index in [2.05, 4.69) is 0 Å². The molecule has 15 heavy (non-hydrogen) atoms. The van der Waals surface area contributed by atoms with Crippen molar-refractivity contribution in [1.29, 1.82) is 0 Å². The molecular weight excluding hydrogens is 194 g/mol. The van der Waals surface area contributed by atoms with Gasteiger partial charge in [-0.05, 0) is 12.8 Å². The number of hydrogen-bond acceptors (Lipinski definition) is 3. The Morgan fingerprint density at radius 3 is 3.07 bits per heavy atom. The molecule has 0 unspecified atom stereocenters. The van der Waals surface area contributed by atoms with Crippen LogP contribution in [-0.2, 0) is 14.3 Å². The highest BCUT2D eigenvalue weighted by Crippen LogP contribution is 2.38. The fourth-order valence-corrected chi connectivity index (χ4v) is 2.47. The van der Waals surface area contributed by atoms with Gasteiger partial charge in [-0.3, -0.25) is 4.79 Å². The Bertz CT molecular complexity index is 236. The summed E-state index contributed by atoms with van der Waals surface area (Å²) in [4.78, 5) is 13.7. The molecule has 0 N–H and O–H groups in total. The van der Waals surface area contributed by atoms with Crippen LogP contribution < -0.4 is 0 Å². The van der Waals surface area contributed by atoms with E-state index in [1.54, 1.807) is 7.11 Å². The van der Waals surface area contributed by atoms with Crippen LogP contribution in [0.3, 0.4) is 0 Å². The van der Waals surface area contributed by atoms with Crippen molar-refractivity contribution in [3.8, 4) is 0 Å². The molecule has 2 heterocycles. The Morgan fingerprint density at radius 1 is 1.53 bits per heavy atom. The topological polar surface area (TPSA) is 38.8 Å². The summed E-state index contributed by atoms with van der Waals surface area (Å²) in [7, 11) is 1.63. The Morgan fingerprint density at radius 2 is 2.40 bits per heavy atom. The zero-order valence-electron chi connectivity index (χ0n) is 9.33. The van der Waals surface area contributed by atoms with Crippen molar-refractivity contribution in [2.24, 2.45) is 5.41 Å². The zero-order valence-corrected chi connectivity index (χ0v) is 9.33. The lowest BCUT2D eigenvalue weighted by Gasteiger charge is -2.21. The minimum absolute atomic E-state index is 0.223. The van der Waals surface area contributed by atoms with Crippen molar-refractivity contribution in [3.05, 3.63) is 0 Å². The molecule has 1 spiro atoms. The third kappa shape index (κ3) is 2.32. The molecule has 1 atom stereocenters. The number of carbonyl (C=O) groups excluding carboxylic acids is 1. The van der Waals surface area contributed by atoms with Gasteiger partial charge >= 0.3 is 0 Å². The maximum atomic E-state index is 11.7. The normalized spacial score (nSPS) is 30.3. The average Bonchev–Trinajstić information content (AvgIpc) is 2.86. The van der Waals surface area contributed by atoms with Gasteiger partial charge in [-0.25, -0.2) is 0 Å². The van der Waals surface area contributed by atoms with Gasteiger partial charge in [0.15, 0.2) is 0 Å². The molecule has 1 amide bonds. The van der Waals surface area contributed by atoms with E-state index >= 15 is 0 Å². The van der Waals surface area contributed by atoms with Gasteiger partial charge in [0.25, 0.3) is 0 Å². The first-order valence-electron chi connectivity index (χ1n) is 5.60. The molecule has 2 aliphatic heterocycles. The summed E-state index contributed by atoms with van der Waals surface area (Å²) in [5.74, 6) is 0.223. The second kappa shape index (κ2) is 4.49. The van der Waals surface area contributed by atoms with Crippen LogP contribution in [0.5, 0.6) is 0 Å². The first kappa shape index (κ1) is 10.9. The predicted molar refractivity (Wildman–Crippen MR) is 55.6 cm³/mol. The monoisotopic (exact) mass is 213 g/mol. The number of amides is 1. The van der Waals surface area contributed by atoms with Gasteiger partial charge in [-0.1, -0.05) is 0 Å². The van der Waals surface area contributed by atoms with Crippen LogP contribution in [0.1, 0.15) is 19.3 Å². The molecule has 0 bridgehead atoms. The van der Waals surface area contributed by atoms with Gasteiger partial charge in [0, 0.05) is 32.2 Å². The Kier molecular flexibility index (Phi) is 3.26. The number of rotatable bonds is 3. The largest absolute Gasteiger partial charge is 0.384 e. The maximum Gasteiger partial charge on any atom is 0.224 e. The van der Waals surface area contributed by atoms with Crippen LogP contribution in [0, 0.1) is 5.41 Å². The molecule has 0 aliphatic carbocycles. The van der Waals surface area contributed by atoms with E-state index in [-0.39, 0.29) is 11.3 Å². The summed E-state index contributed by atoms with van der Waals surface area (Å²) in [6.45, 7) is 4.00. The lowest BCUT2D eigenvalue weighted by Crippen LogP contribution is -2.32. The van der Waals surface area contributed by atoms with E-state index in [0.29, 0.717) is 13.0 Å². The minimum atomic E-state index is 0.223. The Hall–Kier alpha value is -0.610. The summed E-state index contributed by atoms with van der Waals surface area (Å²) in [6, 6.07) is 0. The summed E-state index contributed by atoms with van der Waals surface area (Å²) in [5.41, 5.74) is 0.280. The quantitative estimate of drug-likeness (QED) is 0.691. The highest BCUT2D eigenvalue weighted by atomic mass is 16.5. The highest BCUT2D eigenvalue weighted by molar-refractivity contribution is 5.76. The fraction of sp³-hybridized carbons (Fsp3) is 0.909. The summed E-state index contributed by atoms with van der Waals surface area (Å²) in [6.07, 6.45) is 2.72. The molecule has 0 radical (unpaired) electrons. The van der Waals surface area contributed by atoms with Crippen molar-refractivity contribution < 1.29 is 14.3 Å². The third-order valence-electron chi connectivity index (χ3n) is 3.50. The molecule has 86 valence electrons. The predicted octanol–water partition coefficient (Wildman–Crippen LogP) is 0.662. The number of likely N-dealkylation sites (tertiary alicyclic amines) is 1.